The van der Waals surface area contributed by atoms with Crippen LogP contribution in [0, 0.1) is 5.41 Å². The summed E-state index contributed by atoms with van der Waals surface area (Å²) in [7, 11) is 4.78. The predicted molar refractivity (Wildman–Crippen MR) is 84.3 cm³/mol. The number of esters is 1. The molecule has 1 heterocycles. The molecule has 21 heavy (non-hydrogen) atoms. The number of hydrogen-bond donors (Lipinski definition) is 1. The molecular weight excluding hydrogens is 314 g/mol. The number of methoxy groups -OCH3 is 1. The molecule has 1 unspecified atom stereocenters. The number of carbonyl (C=O) groups is 2. The van der Waals surface area contributed by atoms with Crippen molar-refractivity contribution in [1.29, 1.82) is 0 Å². The van der Waals surface area contributed by atoms with Crippen LogP contribution in [0.15, 0.2) is 0 Å². The summed E-state index contributed by atoms with van der Waals surface area (Å²) in [5.74, 6) is 0.701. The molecule has 1 aliphatic heterocycles. The van der Waals surface area contributed by atoms with Crippen LogP contribution in [0.5, 0.6) is 0 Å². The van der Waals surface area contributed by atoms with E-state index in [4.69, 9.17) is 14.2 Å². The van der Waals surface area contributed by atoms with E-state index in [-0.39, 0.29) is 12.5 Å². The summed E-state index contributed by atoms with van der Waals surface area (Å²) >= 11 is 0. The molecule has 0 saturated carbocycles. The van der Waals surface area contributed by atoms with Crippen molar-refractivity contribution in [3.05, 3.63) is 0 Å². The van der Waals surface area contributed by atoms with Gasteiger partial charge in [-0.05, 0) is 0 Å². The number of amides is 1. The highest BCUT2D eigenvalue weighted by Crippen LogP contribution is 2.33. The van der Waals surface area contributed by atoms with Gasteiger partial charge in [-0.25, -0.2) is 4.79 Å². The SMILES string of the molecule is COCCOCCOC(=O)C1CSSCC(C)(C)C(=O)N1. The van der Waals surface area contributed by atoms with Crippen LogP contribution >= 0.6 is 21.6 Å². The lowest BCUT2D eigenvalue weighted by Crippen LogP contribution is -2.50. The lowest BCUT2D eigenvalue weighted by molar-refractivity contribution is -0.149. The summed E-state index contributed by atoms with van der Waals surface area (Å²) < 4.78 is 15.2. The Labute approximate surface area is 133 Å². The molecule has 0 radical (unpaired) electrons. The molecule has 1 atom stereocenters. The van der Waals surface area contributed by atoms with Gasteiger partial charge in [-0.3, -0.25) is 4.79 Å². The van der Waals surface area contributed by atoms with Gasteiger partial charge in [0.1, 0.15) is 12.6 Å². The van der Waals surface area contributed by atoms with Gasteiger partial charge in [-0.1, -0.05) is 35.4 Å². The van der Waals surface area contributed by atoms with Crippen LogP contribution in [0.25, 0.3) is 0 Å². The largest absolute Gasteiger partial charge is 0.462 e. The predicted octanol–water partition coefficient (Wildman–Crippen LogP) is 1.10. The first kappa shape index (κ1) is 18.6. The number of carbonyl (C=O) groups excluding carboxylic acids is 2. The number of nitrogens with one attached hydrogen (secondary N) is 1. The zero-order valence-corrected chi connectivity index (χ0v) is 14.3. The average molecular weight is 337 g/mol. The van der Waals surface area contributed by atoms with E-state index in [0.717, 1.165) is 5.75 Å². The Morgan fingerprint density at radius 2 is 2.00 bits per heavy atom. The van der Waals surface area contributed by atoms with Gasteiger partial charge in [0, 0.05) is 18.6 Å². The highest BCUT2D eigenvalue weighted by molar-refractivity contribution is 8.76. The first-order valence-corrected chi connectivity index (χ1v) is 9.25. The van der Waals surface area contributed by atoms with Crippen molar-refractivity contribution in [3.8, 4) is 0 Å². The third-order valence-corrected chi connectivity index (χ3v) is 5.58. The fraction of sp³-hybridized carbons (Fsp3) is 0.846. The Balaban J connectivity index is 2.33. The quantitative estimate of drug-likeness (QED) is 0.423. The van der Waals surface area contributed by atoms with Gasteiger partial charge in [0.2, 0.25) is 5.91 Å². The summed E-state index contributed by atoms with van der Waals surface area (Å²) in [6.07, 6.45) is 0. The second-order valence-electron chi connectivity index (χ2n) is 5.23. The van der Waals surface area contributed by atoms with E-state index in [1.54, 1.807) is 28.7 Å². The van der Waals surface area contributed by atoms with E-state index in [2.05, 4.69) is 5.32 Å². The van der Waals surface area contributed by atoms with E-state index in [1.165, 1.54) is 0 Å². The van der Waals surface area contributed by atoms with Gasteiger partial charge >= 0.3 is 5.97 Å². The molecular formula is C13H23NO5S2. The highest BCUT2D eigenvalue weighted by Gasteiger charge is 2.34. The van der Waals surface area contributed by atoms with Crippen molar-refractivity contribution in [1.82, 2.24) is 5.32 Å². The van der Waals surface area contributed by atoms with Crippen molar-refractivity contribution >= 4 is 33.5 Å². The van der Waals surface area contributed by atoms with Crippen LogP contribution in [0.1, 0.15) is 13.8 Å². The van der Waals surface area contributed by atoms with Crippen molar-refractivity contribution in [3.63, 3.8) is 0 Å². The van der Waals surface area contributed by atoms with Gasteiger partial charge in [-0.2, -0.15) is 0 Å². The third kappa shape index (κ3) is 6.90. The molecule has 1 amide bonds. The fourth-order valence-electron chi connectivity index (χ4n) is 1.44. The maximum absolute atomic E-state index is 12.1. The molecule has 1 aliphatic rings. The fourth-order valence-corrected chi connectivity index (χ4v) is 4.23. The van der Waals surface area contributed by atoms with Crippen molar-refractivity contribution < 1.29 is 23.8 Å². The lowest BCUT2D eigenvalue weighted by Gasteiger charge is -2.28. The van der Waals surface area contributed by atoms with Crippen LogP contribution in [0.4, 0.5) is 0 Å². The molecule has 122 valence electrons. The maximum Gasteiger partial charge on any atom is 0.329 e. The Hall–Kier alpha value is -0.440. The minimum Gasteiger partial charge on any atom is -0.462 e. The minimum atomic E-state index is -0.603. The van der Waals surface area contributed by atoms with Gasteiger partial charge in [0.15, 0.2) is 0 Å². The molecule has 0 aromatic rings. The first-order valence-electron chi connectivity index (χ1n) is 6.76. The monoisotopic (exact) mass is 337 g/mol. The lowest BCUT2D eigenvalue weighted by atomic mass is 9.95. The summed E-state index contributed by atoms with van der Waals surface area (Å²) in [5, 5.41) is 2.76. The first-order chi connectivity index (χ1) is 9.97. The van der Waals surface area contributed by atoms with Crippen molar-refractivity contribution in [2.75, 3.05) is 45.0 Å². The molecule has 0 aliphatic carbocycles. The van der Waals surface area contributed by atoms with Gasteiger partial charge in [0.25, 0.3) is 0 Å². The summed E-state index contributed by atoms with van der Waals surface area (Å²) in [6.45, 7) is 5.21. The van der Waals surface area contributed by atoms with Crippen LogP contribution in [-0.2, 0) is 23.8 Å². The van der Waals surface area contributed by atoms with E-state index in [0.29, 0.717) is 25.6 Å². The van der Waals surface area contributed by atoms with E-state index in [9.17, 15) is 9.59 Å². The number of ether oxygens (including phenoxy) is 3. The Kier molecular flexibility index (Phi) is 8.46. The summed E-state index contributed by atoms with van der Waals surface area (Å²) in [6, 6.07) is -0.603. The number of hydrogen-bond acceptors (Lipinski definition) is 7. The van der Waals surface area contributed by atoms with Gasteiger partial charge in [-0.15, -0.1) is 0 Å². The van der Waals surface area contributed by atoms with Gasteiger partial charge < -0.3 is 19.5 Å². The van der Waals surface area contributed by atoms with Crippen LogP contribution in [0.3, 0.4) is 0 Å². The van der Waals surface area contributed by atoms with Gasteiger partial charge in [0.05, 0.1) is 25.2 Å². The molecule has 0 bridgehead atoms. The highest BCUT2D eigenvalue weighted by atomic mass is 33.1. The minimum absolute atomic E-state index is 0.117. The summed E-state index contributed by atoms with van der Waals surface area (Å²) in [5.41, 5.74) is -0.486. The van der Waals surface area contributed by atoms with Crippen molar-refractivity contribution in [2.24, 2.45) is 5.41 Å². The zero-order valence-electron chi connectivity index (χ0n) is 12.7. The Morgan fingerprint density at radius 1 is 1.29 bits per heavy atom. The van der Waals surface area contributed by atoms with Crippen LogP contribution < -0.4 is 5.32 Å². The third-order valence-electron chi connectivity index (χ3n) is 2.85. The Morgan fingerprint density at radius 3 is 2.71 bits per heavy atom. The zero-order chi connectivity index (χ0) is 15.7. The maximum atomic E-state index is 12.1. The molecule has 1 rings (SSSR count). The molecule has 1 N–H and O–H groups in total. The van der Waals surface area contributed by atoms with Crippen LogP contribution in [0.2, 0.25) is 0 Å². The second-order valence-corrected chi connectivity index (χ2v) is 7.74. The van der Waals surface area contributed by atoms with E-state index >= 15 is 0 Å². The molecule has 8 heteroatoms. The van der Waals surface area contributed by atoms with E-state index in [1.807, 2.05) is 13.8 Å². The van der Waals surface area contributed by atoms with Crippen LogP contribution in [-0.4, -0.2) is 63.0 Å². The Bertz CT molecular complexity index is 351. The molecule has 0 aromatic carbocycles. The molecule has 0 aromatic heterocycles. The average Bonchev–Trinajstić information content (AvgIpc) is 2.44. The standard InChI is InChI=1S/C13H23NO5S2/c1-13(2)9-21-20-8-10(14-12(13)16)11(15)19-7-6-18-5-4-17-3/h10H,4-9H2,1-3H3,(H,14,16). The molecule has 1 saturated heterocycles. The normalized spacial score (nSPS) is 22.0. The topological polar surface area (TPSA) is 73.9 Å². The molecule has 0 spiro atoms. The molecule has 6 nitrogen and oxygen atoms in total. The smallest absolute Gasteiger partial charge is 0.329 e. The summed E-state index contributed by atoms with van der Waals surface area (Å²) in [4.78, 5) is 24.0. The number of rotatable bonds is 7. The second kappa shape index (κ2) is 9.55. The van der Waals surface area contributed by atoms with E-state index < -0.39 is 17.4 Å². The van der Waals surface area contributed by atoms with Crippen molar-refractivity contribution in [2.45, 2.75) is 19.9 Å². The molecule has 1 fully saturated rings.